The Bertz CT molecular complexity index is 892. The molecule has 0 N–H and O–H groups in total. The molecule has 1 fully saturated rings. The zero-order valence-electron chi connectivity index (χ0n) is 14.1. The second-order valence-corrected chi connectivity index (χ2v) is 6.72. The Morgan fingerprint density at radius 3 is 2.56 bits per heavy atom. The van der Waals surface area contributed by atoms with Crippen LogP contribution in [0.2, 0.25) is 5.02 Å². The molecule has 3 aromatic rings. The Kier molecular flexibility index (Phi) is 4.42. The third-order valence-electron chi connectivity index (χ3n) is 4.50. The summed E-state index contributed by atoms with van der Waals surface area (Å²) in [7, 11) is 2.14. The van der Waals surface area contributed by atoms with Crippen LogP contribution in [0.25, 0.3) is 16.9 Å². The van der Waals surface area contributed by atoms with Gasteiger partial charge in [-0.1, -0.05) is 17.7 Å². The van der Waals surface area contributed by atoms with Crippen LogP contribution in [0.5, 0.6) is 0 Å². The standard InChI is InChI=1S/C19H20ClN5/c1-23-10-12-24(13-11-23)21-14-17-18-4-2-3-9-25(18)19(22-17)15-5-7-16(20)8-6-15/h2-9,14H,10-13H2,1H3/b21-14-. The summed E-state index contributed by atoms with van der Waals surface area (Å²) in [6.45, 7) is 3.97. The first-order chi connectivity index (χ1) is 12.2. The predicted octanol–water partition coefficient (Wildman–Crippen LogP) is 3.24. The Labute approximate surface area is 152 Å². The molecule has 0 saturated carbocycles. The number of hydrazone groups is 1. The first-order valence-electron chi connectivity index (χ1n) is 8.41. The van der Waals surface area contributed by atoms with Crippen molar-refractivity contribution in [1.82, 2.24) is 19.3 Å². The van der Waals surface area contributed by atoms with E-state index in [9.17, 15) is 0 Å². The summed E-state index contributed by atoms with van der Waals surface area (Å²) in [4.78, 5) is 7.14. The van der Waals surface area contributed by atoms with Crippen molar-refractivity contribution in [3.8, 4) is 11.4 Å². The van der Waals surface area contributed by atoms with Crippen molar-refractivity contribution in [3.05, 3.63) is 59.4 Å². The molecule has 4 rings (SSSR count). The summed E-state index contributed by atoms with van der Waals surface area (Å²) >= 11 is 6.01. The van der Waals surface area contributed by atoms with E-state index in [2.05, 4.69) is 32.5 Å². The predicted molar refractivity (Wildman–Crippen MR) is 102 cm³/mol. The molecule has 6 heteroatoms. The largest absolute Gasteiger partial charge is 0.303 e. The third kappa shape index (κ3) is 3.38. The lowest BCUT2D eigenvalue weighted by Gasteiger charge is -2.30. The number of pyridine rings is 1. The average molecular weight is 354 g/mol. The van der Waals surface area contributed by atoms with Gasteiger partial charge in [-0.15, -0.1) is 0 Å². The fourth-order valence-corrected chi connectivity index (χ4v) is 3.13. The lowest BCUT2D eigenvalue weighted by atomic mass is 10.2. The molecule has 0 atom stereocenters. The Morgan fingerprint density at radius 2 is 1.80 bits per heavy atom. The molecule has 128 valence electrons. The number of nitrogens with zero attached hydrogens (tertiary/aromatic N) is 5. The van der Waals surface area contributed by atoms with E-state index in [1.165, 1.54) is 0 Å². The van der Waals surface area contributed by atoms with Crippen molar-refractivity contribution >= 4 is 23.3 Å². The zero-order valence-corrected chi connectivity index (χ0v) is 14.9. The van der Waals surface area contributed by atoms with Crippen molar-refractivity contribution in [2.24, 2.45) is 5.10 Å². The highest BCUT2D eigenvalue weighted by Gasteiger charge is 2.13. The molecule has 0 amide bonds. The van der Waals surface area contributed by atoms with Gasteiger partial charge in [-0.25, -0.2) is 4.98 Å². The van der Waals surface area contributed by atoms with Crippen molar-refractivity contribution in [3.63, 3.8) is 0 Å². The number of halogens is 1. The van der Waals surface area contributed by atoms with Crippen molar-refractivity contribution in [1.29, 1.82) is 0 Å². The summed E-state index contributed by atoms with van der Waals surface area (Å²) < 4.78 is 2.09. The summed E-state index contributed by atoms with van der Waals surface area (Å²) in [6, 6.07) is 13.9. The molecule has 1 saturated heterocycles. The van der Waals surface area contributed by atoms with Crippen LogP contribution < -0.4 is 0 Å². The first-order valence-corrected chi connectivity index (χ1v) is 8.79. The quantitative estimate of drug-likeness (QED) is 0.678. The van der Waals surface area contributed by atoms with E-state index in [4.69, 9.17) is 16.6 Å². The summed E-state index contributed by atoms with van der Waals surface area (Å²) in [6.07, 6.45) is 3.90. The van der Waals surface area contributed by atoms with Gasteiger partial charge in [0.1, 0.15) is 11.5 Å². The van der Waals surface area contributed by atoms with Crippen LogP contribution in [0.3, 0.4) is 0 Å². The van der Waals surface area contributed by atoms with Crippen LogP contribution in [0.15, 0.2) is 53.8 Å². The molecule has 25 heavy (non-hydrogen) atoms. The van der Waals surface area contributed by atoms with Crippen LogP contribution in [0, 0.1) is 0 Å². The number of piperazine rings is 1. The van der Waals surface area contributed by atoms with Gasteiger partial charge in [0.2, 0.25) is 0 Å². The minimum Gasteiger partial charge on any atom is -0.303 e. The molecule has 0 aliphatic carbocycles. The molecular formula is C19H20ClN5. The van der Waals surface area contributed by atoms with Gasteiger partial charge < -0.3 is 4.90 Å². The molecule has 5 nitrogen and oxygen atoms in total. The van der Waals surface area contributed by atoms with Gasteiger partial charge in [-0.2, -0.15) is 5.10 Å². The van der Waals surface area contributed by atoms with Crippen molar-refractivity contribution in [2.45, 2.75) is 0 Å². The molecule has 3 heterocycles. The maximum Gasteiger partial charge on any atom is 0.145 e. The van der Waals surface area contributed by atoms with E-state index < -0.39 is 0 Å². The molecule has 1 aliphatic rings. The lowest BCUT2D eigenvalue weighted by Crippen LogP contribution is -2.41. The van der Waals surface area contributed by atoms with Crippen LogP contribution in [-0.4, -0.2) is 58.7 Å². The van der Waals surface area contributed by atoms with E-state index in [0.717, 1.165) is 53.8 Å². The summed E-state index contributed by atoms with van der Waals surface area (Å²) in [5, 5.41) is 7.47. The fraction of sp³-hybridized carbons (Fsp3) is 0.263. The topological polar surface area (TPSA) is 36.1 Å². The molecular weight excluding hydrogens is 334 g/mol. The minimum atomic E-state index is 0.724. The molecule has 0 spiro atoms. The molecule has 0 unspecified atom stereocenters. The Hall–Kier alpha value is -2.37. The van der Waals surface area contributed by atoms with Gasteiger partial charge in [0.25, 0.3) is 0 Å². The highest BCUT2D eigenvalue weighted by Crippen LogP contribution is 2.23. The Balaban J connectivity index is 1.69. The van der Waals surface area contributed by atoms with Gasteiger partial charge in [-0.05, 0) is 43.4 Å². The molecule has 1 aliphatic heterocycles. The fourth-order valence-electron chi connectivity index (χ4n) is 3.01. The maximum atomic E-state index is 6.01. The van der Waals surface area contributed by atoms with Crippen LogP contribution in [-0.2, 0) is 0 Å². The number of fused-ring (bicyclic) bond motifs is 1. The van der Waals surface area contributed by atoms with Crippen LogP contribution >= 0.6 is 11.6 Å². The third-order valence-corrected chi connectivity index (χ3v) is 4.75. The normalized spacial score (nSPS) is 16.2. The minimum absolute atomic E-state index is 0.724. The van der Waals surface area contributed by atoms with Crippen LogP contribution in [0.4, 0.5) is 0 Å². The number of rotatable bonds is 3. The van der Waals surface area contributed by atoms with E-state index >= 15 is 0 Å². The molecule has 0 bridgehead atoms. The van der Waals surface area contributed by atoms with Gasteiger partial charge in [0, 0.05) is 43.0 Å². The SMILES string of the molecule is CN1CCN(/N=C\c2nc(-c3ccc(Cl)cc3)n3ccccc23)CC1. The van der Waals surface area contributed by atoms with Crippen molar-refractivity contribution in [2.75, 3.05) is 33.2 Å². The molecule has 2 aromatic heterocycles. The molecule has 0 radical (unpaired) electrons. The second kappa shape index (κ2) is 6.86. The highest BCUT2D eigenvalue weighted by atomic mass is 35.5. The second-order valence-electron chi connectivity index (χ2n) is 6.28. The van der Waals surface area contributed by atoms with Crippen LogP contribution in [0.1, 0.15) is 5.69 Å². The van der Waals surface area contributed by atoms with Gasteiger partial charge >= 0.3 is 0 Å². The lowest BCUT2D eigenvalue weighted by molar-refractivity contribution is 0.159. The summed E-state index contributed by atoms with van der Waals surface area (Å²) in [5.74, 6) is 0.895. The van der Waals surface area contributed by atoms with Gasteiger partial charge in [0.05, 0.1) is 11.7 Å². The first kappa shape index (κ1) is 16.1. The van der Waals surface area contributed by atoms with Gasteiger partial charge in [0.15, 0.2) is 0 Å². The molecule has 1 aromatic carbocycles. The average Bonchev–Trinajstić information content (AvgIpc) is 3.01. The van der Waals surface area contributed by atoms with Crippen molar-refractivity contribution < 1.29 is 0 Å². The smallest absolute Gasteiger partial charge is 0.145 e. The zero-order chi connectivity index (χ0) is 17.2. The number of benzene rings is 1. The van der Waals surface area contributed by atoms with Gasteiger partial charge in [-0.3, -0.25) is 9.41 Å². The number of likely N-dealkylation sites (N-methyl/N-ethyl adjacent to an activating group) is 1. The van der Waals surface area contributed by atoms with E-state index in [1.54, 1.807) is 0 Å². The summed E-state index contributed by atoms with van der Waals surface area (Å²) in [5.41, 5.74) is 2.96. The van der Waals surface area contributed by atoms with E-state index in [0.29, 0.717) is 0 Å². The van der Waals surface area contributed by atoms with E-state index in [-0.39, 0.29) is 0 Å². The number of aromatic nitrogens is 2. The number of hydrogen-bond acceptors (Lipinski definition) is 4. The monoisotopic (exact) mass is 353 g/mol. The maximum absolute atomic E-state index is 6.01. The number of hydrogen-bond donors (Lipinski definition) is 0. The highest BCUT2D eigenvalue weighted by molar-refractivity contribution is 6.30. The number of imidazole rings is 1. The Morgan fingerprint density at radius 1 is 1.04 bits per heavy atom. The van der Waals surface area contributed by atoms with E-state index in [1.807, 2.05) is 48.8 Å².